The molecule has 1 aromatic rings. The molecule has 1 nitrogen and oxygen atoms in total. The van der Waals surface area contributed by atoms with Crippen LogP contribution in [0.5, 0.6) is 0 Å². The number of halogens is 6. The first-order valence-electron chi connectivity index (χ1n) is 4.23. The highest BCUT2D eigenvalue weighted by Gasteiger charge is 2.33. The maximum Gasteiger partial charge on any atom is 0.393 e. The molecule has 0 saturated carbocycles. The summed E-state index contributed by atoms with van der Waals surface area (Å²) in [5.41, 5.74) is -0.827. The standard InChI is InChI=1S/C9H7F6N/c10-8(11,12)3-6-1-2-16-5-7(6)4-9(13,14)15/h1-2,5H,3-4H2. The highest BCUT2D eigenvalue weighted by atomic mass is 19.4. The monoisotopic (exact) mass is 243 g/mol. The molecule has 1 heterocycles. The molecular formula is C9H7F6N. The van der Waals surface area contributed by atoms with E-state index in [2.05, 4.69) is 4.98 Å². The maximum atomic E-state index is 12.1. The Morgan fingerprint density at radius 1 is 0.875 bits per heavy atom. The number of rotatable bonds is 2. The number of hydrogen-bond donors (Lipinski definition) is 0. The highest BCUT2D eigenvalue weighted by molar-refractivity contribution is 5.25. The van der Waals surface area contributed by atoms with Crippen molar-refractivity contribution in [1.82, 2.24) is 4.98 Å². The fraction of sp³-hybridized carbons (Fsp3) is 0.444. The summed E-state index contributed by atoms with van der Waals surface area (Å²) in [5, 5.41) is 0. The molecule has 0 unspecified atom stereocenters. The summed E-state index contributed by atoms with van der Waals surface area (Å²) in [4.78, 5) is 3.39. The molecule has 1 rings (SSSR count). The van der Waals surface area contributed by atoms with Crippen LogP contribution >= 0.6 is 0 Å². The quantitative estimate of drug-likeness (QED) is 0.726. The molecule has 0 radical (unpaired) electrons. The average Bonchev–Trinajstić information content (AvgIpc) is 2.03. The molecule has 0 spiro atoms. The lowest BCUT2D eigenvalue weighted by molar-refractivity contribution is -0.132. The third-order valence-electron chi connectivity index (χ3n) is 1.79. The van der Waals surface area contributed by atoms with Crippen LogP contribution in [0.1, 0.15) is 11.1 Å². The van der Waals surface area contributed by atoms with Crippen LogP contribution in [0.4, 0.5) is 26.3 Å². The van der Waals surface area contributed by atoms with Gasteiger partial charge in [-0.2, -0.15) is 26.3 Å². The molecule has 0 aliphatic carbocycles. The van der Waals surface area contributed by atoms with Crippen molar-refractivity contribution in [2.75, 3.05) is 0 Å². The maximum absolute atomic E-state index is 12.1. The Hall–Kier alpha value is -1.27. The minimum absolute atomic E-state index is 0.389. The van der Waals surface area contributed by atoms with E-state index in [0.717, 1.165) is 18.5 Å². The van der Waals surface area contributed by atoms with Gasteiger partial charge in [0.1, 0.15) is 0 Å². The Balaban J connectivity index is 2.92. The fourth-order valence-corrected chi connectivity index (χ4v) is 1.22. The number of alkyl halides is 6. The van der Waals surface area contributed by atoms with E-state index in [0.29, 0.717) is 0 Å². The molecule has 0 aliphatic rings. The normalized spacial score (nSPS) is 12.9. The zero-order chi connectivity index (χ0) is 12.4. The van der Waals surface area contributed by atoms with Gasteiger partial charge in [-0.1, -0.05) is 0 Å². The van der Waals surface area contributed by atoms with Crippen molar-refractivity contribution in [2.24, 2.45) is 0 Å². The third kappa shape index (κ3) is 4.50. The van der Waals surface area contributed by atoms with Crippen molar-refractivity contribution >= 4 is 0 Å². The van der Waals surface area contributed by atoms with E-state index in [4.69, 9.17) is 0 Å². The van der Waals surface area contributed by atoms with E-state index in [1.807, 2.05) is 0 Å². The Bertz CT molecular complexity index is 319. The van der Waals surface area contributed by atoms with Gasteiger partial charge >= 0.3 is 12.4 Å². The van der Waals surface area contributed by atoms with Crippen LogP contribution < -0.4 is 0 Å². The SMILES string of the molecule is FC(F)(F)Cc1ccncc1CC(F)(F)F. The number of pyridine rings is 1. The van der Waals surface area contributed by atoms with Gasteiger partial charge in [0.25, 0.3) is 0 Å². The van der Waals surface area contributed by atoms with Crippen LogP contribution in [0, 0.1) is 0 Å². The smallest absolute Gasteiger partial charge is 0.264 e. The van der Waals surface area contributed by atoms with Gasteiger partial charge in [0.05, 0.1) is 12.8 Å². The summed E-state index contributed by atoms with van der Waals surface area (Å²) in [6.07, 6.45) is -9.98. The van der Waals surface area contributed by atoms with Crippen LogP contribution in [-0.2, 0) is 12.8 Å². The summed E-state index contributed by atoms with van der Waals surface area (Å²) in [6, 6.07) is 0.953. The zero-order valence-electron chi connectivity index (χ0n) is 7.86. The zero-order valence-corrected chi connectivity index (χ0v) is 7.86. The van der Waals surface area contributed by atoms with Crippen molar-refractivity contribution in [3.63, 3.8) is 0 Å². The van der Waals surface area contributed by atoms with Gasteiger partial charge in [-0.05, 0) is 17.2 Å². The lowest BCUT2D eigenvalue weighted by Crippen LogP contribution is -2.17. The molecule has 1 aromatic heterocycles. The Morgan fingerprint density at radius 2 is 1.38 bits per heavy atom. The first-order valence-corrected chi connectivity index (χ1v) is 4.23. The highest BCUT2D eigenvalue weighted by Crippen LogP contribution is 2.27. The summed E-state index contributed by atoms with van der Waals surface area (Å²) in [6.45, 7) is 0. The van der Waals surface area contributed by atoms with Crippen LogP contribution in [0.2, 0.25) is 0 Å². The van der Waals surface area contributed by atoms with E-state index in [1.165, 1.54) is 0 Å². The topological polar surface area (TPSA) is 12.9 Å². The van der Waals surface area contributed by atoms with Crippen LogP contribution in [0.3, 0.4) is 0 Å². The van der Waals surface area contributed by atoms with Crippen molar-refractivity contribution in [2.45, 2.75) is 25.2 Å². The van der Waals surface area contributed by atoms with Gasteiger partial charge in [0.15, 0.2) is 0 Å². The second-order valence-corrected chi connectivity index (χ2v) is 3.23. The van der Waals surface area contributed by atoms with Crippen LogP contribution in [0.15, 0.2) is 18.5 Å². The van der Waals surface area contributed by atoms with Crippen molar-refractivity contribution < 1.29 is 26.3 Å². The summed E-state index contributed by atoms with van der Waals surface area (Å²) in [5.74, 6) is 0. The Kier molecular flexibility index (Phi) is 3.44. The minimum atomic E-state index is -4.54. The Morgan fingerprint density at radius 3 is 1.88 bits per heavy atom. The summed E-state index contributed by atoms with van der Waals surface area (Å²) in [7, 11) is 0. The molecule has 0 atom stereocenters. The first kappa shape index (κ1) is 12.8. The van der Waals surface area contributed by atoms with Crippen LogP contribution in [0.25, 0.3) is 0 Å². The van der Waals surface area contributed by atoms with E-state index in [-0.39, 0.29) is 5.56 Å². The van der Waals surface area contributed by atoms with E-state index < -0.39 is 30.8 Å². The molecule has 0 amide bonds. The largest absolute Gasteiger partial charge is 0.393 e. The lowest BCUT2D eigenvalue weighted by atomic mass is 10.0. The van der Waals surface area contributed by atoms with Gasteiger partial charge < -0.3 is 0 Å². The number of hydrogen-bond acceptors (Lipinski definition) is 1. The predicted octanol–water partition coefficient (Wildman–Crippen LogP) is 3.29. The molecule has 0 saturated heterocycles. The Labute approximate surface area is 87.1 Å². The van der Waals surface area contributed by atoms with Gasteiger partial charge in [-0.3, -0.25) is 4.98 Å². The van der Waals surface area contributed by atoms with Crippen molar-refractivity contribution in [3.05, 3.63) is 29.6 Å². The molecule has 0 fully saturated rings. The molecule has 0 N–H and O–H groups in total. The molecule has 16 heavy (non-hydrogen) atoms. The van der Waals surface area contributed by atoms with Crippen LogP contribution in [-0.4, -0.2) is 17.3 Å². The lowest BCUT2D eigenvalue weighted by Gasteiger charge is -2.12. The third-order valence-corrected chi connectivity index (χ3v) is 1.79. The van der Waals surface area contributed by atoms with E-state index in [1.54, 1.807) is 0 Å². The molecule has 90 valence electrons. The van der Waals surface area contributed by atoms with Crippen molar-refractivity contribution in [3.8, 4) is 0 Å². The minimum Gasteiger partial charge on any atom is -0.264 e. The molecule has 0 aromatic carbocycles. The fourth-order valence-electron chi connectivity index (χ4n) is 1.22. The van der Waals surface area contributed by atoms with E-state index >= 15 is 0 Å². The molecular weight excluding hydrogens is 236 g/mol. The second-order valence-electron chi connectivity index (χ2n) is 3.23. The average molecular weight is 243 g/mol. The van der Waals surface area contributed by atoms with Crippen molar-refractivity contribution in [1.29, 1.82) is 0 Å². The number of nitrogens with zero attached hydrogens (tertiary/aromatic N) is 1. The molecule has 0 aliphatic heterocycles. The predicted molar refractivity (Wildman–Crippen MR) is 43.8 cm³/mol. The van der Waals surface area contributed by atoms with Gasteiger partial charge in [0, 0.05) is 12.4 Å². The summed E-state index contributed by atoms with van der Waals surface area (Å²) < 4.78 is 72.3. The molecule has 7 heteroatoms. The second kappa shape index (κ2) is 4.31. The van der Waals surface area contributed by atoms with E-state index in [9.17, 15) is 26.3 Å². The summed E-state index contributed by atoms with van der Waals surface area (Å²) >= 11 is 0. The van der Waals surface area contributed by atoms with Gasteiger partial charge in [-0.15, -0.1) is 0 Å². The van der Waals surface area contributed by atoms with Gasteiger partial charge in [0.2, 0.25) is 0 Å². The van der Waals surface area contributed by atoms with Gasteiger partial charge in [-0.25, -0.2) is 0 Å². The first-order chi connectivity index (χ1) is 7.17. The molecule has 0 bridgehead atoms. The number of aromatic nitrogens is 1.